The van der Waals surface area contributed by atoms with Gasteiger partial charge in [0.05, 0.1) is 0 Å². The molecule has 2 aromatic carbocycles. The summed E-state index contributed by atoms with van der Waals surface area (Å²) in [6.07, 6.45) is 0.902. The molecule has 0 aliphatic rings. The van der Waals surface area contributed by atoms with E-state index in [4.69, 9.17) is 5.73 Å². The van der Waals surface area contributed by atoms with Crippen molar-refractivity contribution < 1.29 is 0 Å². The fraction of sp³-hybridized carbons (Fsp3) is 0.294. The van der Waals surface area contributed by atoms with Crippen LogP contribution in [0.15, 0.2) is 53.0 Å². The lowest BCUT2D eigenvalue weighted by Crippen LogP contribution is -2.22. The lowest BCUT2D eigenvalue weighted by molar-refractivity contribution is 0.734. The van der Waals surface area contributed by atoms with Gasteiger partial charge < -0.3 is 10.6 Å². The van der Waals surface area contributed by atoms with E-state index in [1.54, 1.807) is 0 Å². The Kier molecular flexibility index (Phi) is 5.21. The molecule has 2 N–H and O–H groups in total. The molecule has 2 nitrogen and oxygen atoms in total. The van der Waals surface area contributed by atoms with Gasteiger partial charge in [-0.25, -0.2) is 0 Å². The summed E-state index contributed by atoms with van der Waals surface area (Å²) in [5.74, 6) is 0. The number of rotatable bonds is 5. The first-order valence-corrected chi connectivity index (χ1v) is 7.64. The van der Waals surface area contributed by atoms with Crippen LogP contribution in [0.5, 0.6) is 0 Å². The molecule has 0 aromatic heterocycles. The van der Waals surface area contributed by atoms with Crippen molar-refractivity contribution in [1.29, 1.82) is 0 Å². The molecule has 1 atom stereocenters. The molecular formula is C17H21BrN2. The Labute approximate surface area is 129 Å². The van der Waals surface area contributed by atoms with Crippen LogP contribution in [0.1, 0.15) is 18.1 Å². The quantitative estimate of drug-likeness (QED) is 0.897. The summed E-state index contributed by atoms with van der Waals surface area (Å²) in [7, 11) is 2.13. The molecule has 0 aliphatic heterocycles. The molecule has 2 rings (SSSR count). The Balaban J connectivity index is 2.18. The van der Waals surface area contributed by atoms with Crippen LogP contribution >= 0.6 is 15.9 Å². The van der Waals surface area contributed by atoms with Crippen molar-refractivity contribution in [2.75, 3.05) is 11.9 Å². The van der Waals surface area contributed by atoms with Crippen molar-refractivity contribution in [2.45, 2.75) is 25.9 Å². The fourth-order valence-electron chi connectivity index (χ4n) is 2.40. The van der Waals surface area contributed by atoms with Crippen LogP contribution in [0.3, 0.4) is 0 Å². The number of anilines is 1. The van der Waals surface area contributed by atoms with E-state index in [9.17, 15) is 0 Å². The molecule has 0 radical (unpaired) electrons. The number of nitrogens with zero attached hydrogens (tertiary/aromatic N) is 1. The first-order chi connectivity index (χ1) is 9.56. The third-order valence-electron chi connectivity index (χ3n) is 3.25. The Hall–Kier alpha value is -1.32. The summed E-state index contributed by atoms with van der Waals surface area (Å²) >= 11 is 3.52. The molecule has 106 valence electrons. The molecule has 1 unspecified atom stereocenters. The highest BCUT2D eigenvalue weighted by Crippen LogP contribution is 2.23. The normalized spacial score (nSPS) is 12.2. The molecule has 0 saturated heterocycles. The maximum absolute atomic E-state index is 5.94. The molecule has 0 spiro atoms. The fourth-order valence-corrected chi connectivity index (χ4v) is 2.84. The van der Waals surface area contributed by atoms with E-state index in [2.05, 4.69) is 70.3 Å². The van der Waals surface area contributed by atoms with E-state index in [0.717, 1.165) is 17.4 Å². The van der Waals surface area contributed by atoms with Crippen molar-refractivity contribution in [1.82, 2.24) is 0 Å². The first-order valence-electron chi connectivity index (χ1n) is 6.85. The number of para-hydroxylation sites is 1. The number of hydrogen-bond donors (Lipinski definition) is 1. The van der Waals surface area contributed by atoms with Gasteiger partial charge in [0, 0.05) is 29.8 Å². The average Bonchev–Trinajstić information content (AvgIpc) is 2.38. The van der Waals surface area contributed by atoms with E-state index < -0.39 is 0 Å². The van der Waals surface area contributed by atoms with Gasteiger partial charge in [0.25, 0.3) is 0 Å². The summed E-state index contributed by atoms with van der Waals surface area (Å²) in [6.45, 7) is 2.93. The number of halogens is 1. The maximum Gasteiger partial charge on any atom is 0.0426 e. The molecule has 3 heteroatoms. The minimum Gasteiger partial charge on any atom is -0.370 e. The summed E-state index contributed by atoms with van der Waals surface area (Å²) in [5, 5.41) is 0. The Bertz CT molecular complexity index is 566. The lowest BCUT2D eigenvalue weighted by atomic mass is 10.0. The Morgan fingerprint density at radius 2 is 1.90 bits per heavy atom. The largest absolute Gasteiger partial charge is 0.370 e. The standard InChI is InChI=1S/C17H21BrN2/c1-13(19)10-15-7-3-4-9-17(15)20(2)12-14-6-5-8-16(18)11-14/h3-9,11,13H,10,12,19H2,1-2H3. The van der Waals surface area contributed by atoms with E-state index in [1.165, 1.54) is 16.8 Å². The number of nitrogens with two attached hydrogens (primary N) is 1. The van der Waals surface area contributed by atoms with Crippen molar-refractivity contribution >= 4 is 21.6 Å². The van der Waals surface area contributed by atoms with E-state index in [1.807, 2.05) is 13.0 Å². The lowest BCUT2D eigenvalue weighted by Gasteiger charge is -2.23. The predicted molar refractivity (Wildman–Crippen MR) is 90.0 cm³/mol. The summed E-state index contributed by atoms with van der Waals surface area (Å²) in [6, 6.07) is 17.1. The van der Waals surface area contributed by atoms with Gasteiger partial charge in [-0.1, -0.05) is 46.3 Å². The monoisotopic (exact) mass is 332 g/mol. The molecular weight excluding hydrogens is 312 g/mol. The molecule has 0 aliphatic carbocycles. The van der Waals surface area contributed by atoms with Gasteiger partial charge in [-0.2, -0.15) is 0 Å². The molecule has 20 heavy (non-hydrogen) atoms. The minimum atomic E-state index is 0.176. The van der Waals surface area contributed by atoms with Crippen LogP contribution in [0.2, 0.25) is 0 Å². The highest BCUT2D eigenvalue weighted by molar-refractivity contribution is 9.10. The zero-order chi connectivity index (χ0) is 14.5. The second-order valence-electron chi connectivity index (χ2n) is 5.30. The van der Waals surface area contributed by atoms with Crippen LogP contribution < -0.4 is 10.6 Å². The average molecular weight is 333 g/mol. The molecule has 0 saturated carbocycles. The number of benzene rings is 2. The van der Waals surface area contributed by atoms with Gasteiger partial charge in [0.1, 0.15) is 0 Å². The topological polar surface area (TPSA) is 29.3 Å². The molecule has 2 aromatic rings. The van der Waals surface area contributed by atoms with E-state index in [-0.39, 0.29) is 6.04 Å². The summed E-state index contributed by atoms with van der Waals surface area (Å²) in [4.78, 5) is 2.28. The van der Waals surface area contributed by atoms with Gasteiger partial charge >= 0.3 is 0 Å². The van der Waals surface area contributed by atoms with Gasteiger partial charge in [-0.15, -0.1) is 0 Å². The smallest absolute Gasteiger partial charge is 0.0426 e. The maximum atomic E-state index is 5.94. The minimum absolute atomic E-state index is 0.176. The van der Waals surface area contributed by atoms with Crippen molar-refractivity contribution in [2.24, 2.45) is 5.73 Å². The second kappa shape index (κ2) is 6.91. The van der Waals surface area contributed by atoms with Gasteiger partial charge in [0.15, 0.2) is 0 Å². The molecule has 0 amide bonds. The molecule has 0 heterocycles. The molecule has 0 fully saturated rings. The zero-order valence-corrected chi connectivity index (χ0v) is 13.6. The van der Waals surface area contributed by atoms with Crippen molar-refractivity contribution in [3.63, 3.8) is 0 Å². The van der Waals surface area contributed by atoms with Crippen LogP contribution in [0.25, 0.3) is 0 Å². The van der Waals surface area contributed by atoms with Crippen LogP contribution in [-0.2, 0) is 13.0 Å². The highest BCUT2D eigenvalue weighted by atomic mass is 79.9. The van der Waals surface area contributed by atoms with Gasteiger partial charge in [-0.3, -0.25) is 0 Å². The SMILES string of the molecule is CC(N)Cc1ccccc1N(C)Cc1cccc(Br)c1. The Morgan fingerprint density at radius 1 is 1.15 bits per heavy atom. The van der Waals surface area contributed by atoms with Crippen molar-refractivity contribution in [3.05, 3.63) is 64.1 Å². The first kappa shape index (κ1) is 15.1. The Morgan fingerprint density at radius 3 is 2.60 bits per heavy atom. The van der Waals surface area contributed by atoms with E-state index in [0.29, 0.717) is 0 Å². The molecule has 0 bridgehead atoms. The summed E-state index contributed by atoms with van der Waals surface area (Å²) < 4.78 is 1.12. The second-order valence-corrected chi connectivity index (χ2v) is 6.21. The van der Waals surface area contributed by atoms with Crippen LogP contribution in [-0.4, -0.2) is 13.1 Å². The number of hydrogen-bond acceptors (Lipinski definition) is 2. The van der Waals surface area contributed by atoms with Crippen LogP contribution in [0.4, 0.5) is 5.69 Å². The van der Waals surface area contributed by atoms with Crippen molar-refractivity contribution in [3.8, 4) is 0 Å². The summed E-state index contributed by atoms with van der Waals surface area (Å²) in [5.41, 5.74) is 9.79. The highest BCUT2D eigenvalue weighted by Gasteiger charge is 2.09. The van der Waals surface area contributed by atoms with Gasteiger partial charge in [-0.05, 0) is 42.7 Å². The zero-order valence-electron chi connectivity index (χ0n) is 12.0. The van der Waals surface area contributed by atoms with E-state index >= 15 is 0 Å². The van der Waals surface area contributed by atoms with Crippen LogP contribution in [0, 0.1) is 0 Å². The third-order valence-corrected chi connectivity index (χ3v) is 3.75. The third kappa shape index (κ3) is 4.09. The van der Waals surface area contributed by atoms with Gasteiger partial charge in [0.2, 0.25) is 0 Å². The predicted octanol–water partition coefficient (Wildman–Crippen LogP) is 3.98.